The van der Waals surface area contributed by atoms with Crippen LogP contribution in [0.5, 0.6) is 0 Å². The van der Waals surface area contributed by atoms with Gasteiger partial charge in [-0.2, -0.15) is 11.8 Å². The van der Waals surface area contributed by atoms with Crippen LogP contribution in [0.3, 0.4) is 0 Å². The monoisotopic (exact) mass is 223 g/mol. The van der Waals surface area contributed by atoms with E-state index in [2.05, 4.69) is 16.6 Å². The van der Waals surface area contributed by atoms with Crippen molar-refractivity contribution in [2.75, 3.05) is 23.9 Å². The van der Waals surface area contributed by atoms with E-state index in [1.165, 1.54) is 19.3 Å². The highest BCUT2D eigenvalue weighted by Crippen LogP contribution is 2.42. The SMILES string of the molecule is CSC1(CNc2ccc(N)nc2)CCC1. The first-order valence-electron chi connectivity index (χ1n) is 5.25. The molecule has 0 unspecified atom stereocenters. The van der Waals surface area contributed by atoms with Crippen molar-refractivity contribution in [2.24, 2.45) is 0 Å². The number of nitrogens with zero attached hydrogens (tertiary/aromatic N) is 1. The minimum Gasteiger partial charge on any atom is -0.384 e. The number of nitrogens with one attached hydrogen (secondary N) is 1. The minimum absolute atomic E-state index is 0.460. The highest BCUT2D eigenvalue weighted by Gasteiger charge is 2.35. The maximum Gasteiger partial charge on any atom is 0.123 e. The first kappa shape index (κ1) is 10.6. The summed E-state index contributed by atoms with van der Waals surface area (Å²) in [6.07, 6.45) is 8.00. The number of nitrogens with two attached hydrogens (primary N) is 1. The van der Waals surface area contributed by atoms with Crippen LogP contribution in [0.15, 0.2) is 18.3 Å². The van der Waals surface area contributed by atoms with Crippen molar-refractivity contribution in [3.8, 4) is 0 Å². The van der Waals surface area contributed by atoms with Gasteiger partial charge < -0.3 is 11.1 Å². The molecule has 3 N–H and O–H groups in total. The lowest BCUT2D eigenvalue weighted by molar-refractivity contribution is 0.380. The molecule has 1 aliphatic rings. The number of hydrogen-bond acceptors (Lipinski definition) is 4. The fourth-order valence-corrected chi connectivity index (χ4v) is 2.71. The summed E-state index contributed by atoms with van der Waals surface area (Å²) in [6.45, 7) is 1.03. The van der Waals surface area contributed by atoms with Crippen LogP contribution in [0.25, 0.3) is 0 Å². The molecule has 82 valence electrons. The van der Waals surface area contributed by atoms with E-state index >= 15 is 0 Å². The summed E-state index contributed by atoms with van der Waals surface area (Å²) >= 11 is 1.97. The molecule has 1 fully saturated rings. The third-order valence-corrected chi connectivity index (χ3v) is 4.52. The van der Waals surface area contributed by atoms with Crippen LogP contribution >= 0.6 is 11.8 Å². The van der Waals surface area contributed by atoms with Gasteiger partial charge in [-0.1, -0.05) is 6.42 Å². The van der Waals surface area contributed by atoms with Gasteiger partial charge in [-0.15, -0.1) is 0 Å². The van der Waals surface area contributed by atoms with E-state index in [0.29, 0.717) is 10.6 Å². The zero-order valence-corrected chi connectivity index (χ0v) is 9.81. The lowest BCUT2D eigenvalue weighted by Crippen LogP contribution is -2.40. The van der Waals surface area contributed by atoms with Crippen molar-refractivity contribution in [1.29, 1.82) is 0 Å². The molecule has 1 aromatic rings. The van der Waals surface area contributed by atoms with Gasteiger partial charge in [-0.3, -0.25) is 0 Å². The molecule has 0 radical (unpaired) electrons. The van der Waals surface area contributed by atoms with Crippen LogP contribution in [0.4, 0.5) is 11.5 Å². The molecule has 0 bridgehead atoms. The summed E-state index contributed by atoms with van der Waals surface area (Å²) < 4.78 is 0.460. The summed E-state index contributed by atoms with van der Waals surface area (Å²) in [4.78, 5) is 4.06. The van der Waals surface area contributed by atoms with Gasteiger partial charge in [0.1, 0.15) is 5.82 Å². The predicted molar refractivity (Wildman–Crippen MR) is 67.2 cm³/mol. The standard InChI is InChI=1S/C11H17N3S/c1-15-11(5-2-6-11)8-14-9-3-4-10(12)13-7-9/h3-4,7,14H,2,5-6,8H2,1H3,(H2,12,13). The van der Waals surface area contributed by atoms with Crippen molar-refractivity contribution in [2.45, 2.75) is 24.0 Å². The molecule has 0 aromatic carbocycles. The second kappa shape index (κ2) is 4.31. The summed E-state index contributed by atoms with van der Waals surface area (Å²) in [5, 5.41) is 3.43. The Balaban J connectivity index is 1.90. The lowest BCUT2D eigenvalue weighted by Gasteiger charge is -2.40. The predicted octanol–water partition coefficient (Wildman–Crippen LogP) is 2.36. The number of thioether (sulfide) groups is 1. The summed E-state index contributed by atoms with van der Waals surface area (Å²) in [6, 6.07) is 3.81. The Kier molecular flexibility index (Phi) is 3.05. The van der Waals surface area contributed by atoms with Crippen molar-refractivity contribution < 1.29 is 0 Å². The van der Waals surface area contributed by atoms with Gasteiger partial charge in [0.15, 0.2) is 0 Å². The Morgan fingerprint density at radius 2 is 2.33 bits per heavy atom. The van der Waals surface area contributed by atoms with E-state index < -0.39 is 0 Å². The number of aromatic nitrogens is 1. The highest BCUT2D eigenvalue weighted by molar-refractivity contribution is 8.00. The van der Waals surface area contributed by atoms with E-state index in [4.69, 9.17) is 5.73 Å². The molecule has 1 aromatic heterocycles. The molecule has 0 saturated heterocycles. The maximum atomic E-state index is 5.53. The first-order chi connectivity index (χ1) is 7.24. The molecule has 0 amide bonds. The van der Waals surface area contributed by atoms with Crippen LogP contribution in [0, 0.1) is 0 Å². The maximum absolute atomic E-state index is 5.53. The number of hydrogen-bond donors (Lipinski definition) is 2. The van der Waals surface area contributed by atoms with E-state index in [0.717, 1.165) is 12.2 Å². The molecule has 0 spiro atoms. The van der Waals surface area contributed by atoms with Crippen LogP contribution in [-0.4, -0.2) is 22.5 Å². The van der Waals surface area contributed by atoms with Gasteiger partial charge in [-0.05, 0) is 31.2 Å². The summed E-state index contributed by atoms with van der Waals surface area (Å²) in [5.41, 5.74) is 6.59. The third-order valence-electron chi connectivity index (χ3n) is 3.10. The molecule has 4 heteroatoms. The number of nitrogen functional groups attached to an aromatic ring is 1. The van der Waals surface area contributed by atoms with Crippen LogP contribution < -0.4 is 11.1 Å². The van der Waals surface area contributed by atoms with E-state index in [1.54, 1.807) is 6.20 Å². The molecular formula is C11H17N3S. The van der Waals surface area contributed by atoms with Gasteiger partial charge in [0.25, 0.3) is 0 Å². The molecule has 2 rings (SSSR count). The molecule has 3 nitrogen and oxygen atoms in total. The fourth-order valence-electron chi connectivity index (χ4n) is 1.80. The van der Waals surface area contributed by atoms with E-state index in [1.807, 2.05) is 23.9 Å². The molecule has 1 saturated carbocycles. The Morgan fingerprint density at radius 3 is 2.80 bits per heavy atom. The summed E-state index contributed by atoms with van der Waals surface area (Å²) in [5.74, 6) is 0.573. The number of rotatable bonds is 4. The van der Waals surface area contributed by atoms with Crippen molar-refractivity contribution in [1.82, 2.24) is 4.98 Å². The zero-order valence-electron chi connectivity index (χ0n) is 8.99. The second-order valence-electron chi connectivity index (χ2n) is 4.07. The van der Waals surface area contributed by atoms with Crippen molar-refractivity contribution in [3.63, 3.8) is 0 Å². The van der Waals surface area contributed by atoms with E-state index in [9.17, 15) is 0 Å². The van der Waals surface area contributed by atoms with Gasteiger partial charge in [0.2, 0.25) is 0 Å². The van der Waals surface area contributed by atoms with Crippen LogP contribution in [0.2, 0.25) is 0 Å². The Bertz CT molecular complexity index is 314. The average Bonchev–Trinajstić information content (AvgIpc) is 2.20. The second-order valence-corrected chi connectivity index (χ2v) is 5.34. The lowest BCUT2D eigenvalue weighted by atomic mass is 9.84. The smallest absolute Gasteiger partial charge is 0.123 e. The largest absolute Gasteiger partial charge is 0.384 e. The fraction of sp³-hybridized carbons (Fsp3) is 0.545. The number of anilines is 2. The van der Waals surface area contributed by atoms with Gasteiger partial charge in [-0.25, -0.2) is 4.98 Å². The quantitative estimate of drug-likeness (QED) is 0.822. The minimum atomic E-state index is 0.460. The van der Waals surface area contributed by atoms with Gasteiger partial charge in [0.05, 0.1) is 11.9 Å². The van der Waals surface area contributed by atoms with Crippen molar-refractivity contribution >= 4 is 23.3 Å². The normalized spacial score (nSPS) is 18.2. The number of pyridine rings is 1. The first-order valence-corrected chi connectivity index (χ1v) is 6.47. The summed E-state index contributed by atoms with van der Waals surface area (Å²) in [7, 11) is 0. The molecule has 15 heavy (non-hydrogen) atoms. The third kappa shape index (κ3) is 2.37. The molecular weight excluding hydrogens is 206 g/mol. The van der Waals surface area contributed by atoms with E-state index in [-0.39, 0.29) is 0 Å². The van der Waals surface area contributed by atoms with Crippen molar-refractivity contribution in [3.05, 3.63) is 18.3 Å². The topological polar surface area (TPSA) is 50.9 Å². The highest BCUT2D eigenvalue weighted by atomic mass is 32.2. The van der Waals surface area contributed by atoms with Gasteiger partial charge in [0, 0.05) is 11.3 Å². The molecule has 1 heterocycles. The average molecular weight is 223 g/mol. The Hall–Kier alpha value is -0.900. The molecule has 0 aliphatic heterocycles. The van der Waals surface area contributed by atoms with Crippen LogP contribution in [0.1, 0.15) is 19.3 Å². The Morgan fingerprint density at radius 1 is 1.53 bits per heavy atom. The van der Waals surface area contributed by atoms with Gasteiger partial charge >= 0.3 is 0 Å². The molecule has 1 aliphatic carbocycles. The zero-order chi connectivity index (χ0) is 10.7. The van der Waals surface area contributed by atoms with Crippen LogP contribution in [-0.2, 0) is 0 Å². The Labute approximate surface area is 94.8 Å². The molecule has 0 atom stereocenters.